The zero-order valence-electron chi connectivity index (χ0n) is 10.9. The van der Waals surface area contributed by atoms with Crippen LogP contribution in [-0.2, 0) is 14.3 Å². The Kier molecular flexibility index (Phi) is 5.04. The molecule has 0 aliphatic carbocycles. The fraction of sp³-hybridized carbons (Fsp3) is 0.923. The van der Waals surface area contributed by atoms with Crippen molar-refractivity contribution < 1.29 is 14.3 Å². The van der Waals surface area contributed by atoms with Crippen LogP contribution >= 0.6 is 15.9 Å². The lowest BCUT2D eigenvalue weighted by Gasteiger charge is -2.37. The maximum Gasteiger partial charge on any atom is 0.226 e. The second-order valence-corrected chi connectivity index (χ2v) is 5.79. The number of carbonyl (C=O) groups excluding carboxylic acids is 1. The van der Waals surface area contributed by atoms with E-state index in [0.717, 1.165) is 44.2 Å². The van der Waals surface area contributed by atoms with Crippen molar-refractivity contribution in [2.45, 2.75) is 44.2 Å². The van der Waals surface area contributed by atoms with Gasteiger partial charge in [0, 0.05) is 25.2 Å². The molecule has 5 heteroatoms. The van der Waals surface area contributed by atoms with E-state index in [1.807, 2.05) is 0 Å². The quantitative estimate of drug-likeness (QED) is 0.805. The summed E-state index contributed by atoms with van der Waals surface area (Å²) in [7, 11) is 0. The minimum absolute atomic E-state index is 0.0220. The molecule has 2 fully saturated rings. The largest absolute Gasteiger partial charge is 0.381 e. The van der Waals surface area contributed by atoms with Crippen LogP contribution in [0.4, 0.5) is 0 Å². The number of rotatable bonds is 4. The van der Waals surface area contributed by atoms with Crippen molar-refractivity contribution in [2.75, 3.05) is 25.2 Å². The number of hydrogen-bond acceptors (Lipinski definition) is 3. The summed E-state index contributed by atoms with van der Waals surface area (Å²) in [4.78, 5) is 12.4. The second-order valence-electron chi connectivity index (χ2n) is 5.23. The number of hydrogen-bond donors (Lipinski definition) is 1. The van der Waals surface area contributed by atoms with Crippen molar-refractivity contribution in [3.63, 3.8) is 0 Å². The zero-order chi connectivity index (χ0) is 13.0. The van der Waals surface area contributed by atoms with Crippen molar-refractivity contribution in [3.05, 3.63) is 0 Å². The van der Waals surface area contributed by atoms with Crippen molar-refractivity contribution in [1.29, 1.82) is 0 Å². The average molecular weight is 320 g/mol. The summed E-state index contributed by atoms with van der Waals surface area (Å²) >= 11 is 3.54. The fourth-order valence-corrected chi connectivity index (χ4v) is 3.46. The molecule has 0 spiro atoms. The molecule has 18 heavy (non-hydrogen) atoms. The third kappa shape index (κ3) is 3.06. The molecule has 2 saturated heterocycles. The van der Waals surface area contributed by atoms with Gasteiger partial charge in [0.1, 0.15) is 0 Å². The van der Waals surface area contributed by atoms with Crippen LogP contribution in [-0.4, -0.2) is 42.7 Å². The van der Waals surface area contributed by atoms with Gasteiger partial charge in [-0.1, -0.05) is 22.9 Å². The van der Waals surface area contributed by atoms with Crippen molar-refractivity contribution >= 4 is 21.8 Å². The number of ether oxygens (including phenoxy) is 2. The Balaban J connectivity index is 1.96. The highest BCUT2D eigenvalue weighted by molar-refractivity contribution is 9.09. The van der Waals surface area contributed by atoms with Crippen molar-refractivity contribution in [2.24, 2.45) is 5.92 Å². The van der Waals surface area contributed by atoms with E-state index < -0.39 is 0 Å². The Morgan fingerprint density at radius 3 is 2.72 bits per heavy atom. The van der Waals surface area contributed by atoms with Crippen LogP contribution in [0.1, 0.15) is 32.6 Å². The normalized spacial score (nSPS) is 31.2. The topological polar surface area (TPSA) is 47.6 Å². The molecule has 2 rings (SSSR count). The maximum absolute atomic E-state index is 12.4. The molecule has 0 radical (unpaired) electrons. The zero-order valence-corrected chi connectivity index (χ0v) is 12.5. The molecule has 2 aliphatic heterocycles. The first-order valence-corrected chi connectivity index (χ1v) is 7.90. The monoisotopic (exact) mass is 319 g/mol. The summed E-state index contributed by atoms with van der Waals surface area (Å²) < 4.78 is 11.0. The maximum atomic E-state index is 12.4. The molecule has 1 N–H and O–H groups in total. The van der Waals surface area contributed by atoms with E-state index in [1.165, 1.54) is 0 Å². The van der Waals surface area contributed by atoms with Gasteiger partial charge in [0.15, 0.2) is 0 Å². The summed E-state index contributed by atoms with van der Waals surface area (Å²) in [6.07, 6.45) is 3.61. The van der Waals surface area contributed by atoms with E-state index in [9.17, 15) is 4.79 Å². The summed E-state index contributed by atoms with van der Waals surface area (Å²) in [5.41, 5.74) is -0.129. The standard InChI is InChI=1S/C13H22BrNO3/c1-2-11-10(3-6-18-11)12(16)15-13(9-14)4-7-17-8-5-13/h10-11H,2-9H2,1H3,(H,15,16). The summed E-state index contributed by atoms with van der Waals surface area (Å²) in [6, 6.07) is 0. The summed E-state index contributed by atoms with van der Waals surface area (Å²) in [5, 5.41) is 4.03. The predicted octanol–water partition coefficient (Wildman–Crippen LogP) is 1.86. The molecule has 2 unspecified atom stereocenters. The lowest BCUT2D eigenvalue weighted by molar-refractivity contribution is -0.129. The first-order chi connectivity index (χ1) is 8.71. The van der Waals surface area contributed by atoms with E-state index >= 15 is 0 Å². The van der Waals surface area contributed by atoms with Gasteiger partial charge in [0.25, 0.3) is 0 Å². The number of alkyl halides is 1. The molecule has 2 heterocycles. The lowest BCUT2D eigenvalue weighted by Crippen LogP contribution is -2.55. The van der Waals surface area contributed by atoms with Gasteiger partial charge in [-0.2, -0.15) is 0 Å². The van der Waals surface area contributed by atoms with Crippen LogP contribution in [0.25, 0.3) is 0 Å². The second kappa shape index (κ2) is 6.35. The number of amides is 1. The molecule has 0 aromatic heterocycles. The average Bonchev–Trinajstić information content (AvgIpc) is 2.88. The molecule has 2 atom stereocenters. The smallest absolute Gasteiger partial charge is 0.226 e. The van der Waals surface area contributed by atoms with Gasteiger partial charge in [0.2, 0.25) is 5.91 Å². The molecule has 4 nitrogen and oxygen atoms in total. The molecule has 104 valence electrons. The molecule has 0 aromatic rings. The Labute approximate surface area is 117 Å². The van der Waals surface area contributed by atoms with E-state index in [0.29, 0.717) is 6.61 Å². The Morgan fingerprint density at radius 1 is 1.39 bits per heavy atom. The molecule has 2 aliphatic rings. The number of halogens is 1. The molecule has 0 bridgehead atoms. The summed E-state index contributed by atoms with van der Waals surface area (Å²) in [6.45, 7) is 4.24. The molecular weight excluding hydrogens is 298 g/mol. The molecule has 0 saturated carbocycles. The van der Waals surface area contributed by atoms with Crippen LogP contribution < -0.4 is 5.32 Å². The third-order valence-corrected chi connectivity index (χ3v) is 5.12. The van der Waals surface area contributed by atoms with Gasteiger partial charge >= 0.3 is 0 Å². The highest BCUT2D eigenvalue weighted by Crippen LogP contribution is 2.27. The Bertz CT molecular complexity index is 292. The van der Waals surface area contributed by atoms with Crippen molar-refractivity contribution in [1.82, 2.24) is 5.32 Å². The minimum Gasteiger partial charge on any atom is -0.381 e. The predicted molar refractivity (Wildman–Crippen MR) is 72.9 cm³/mol. The van der Waals surface area contributed by atoms with Crippen LogP contribution in [0.5, 0.6) is 0 Å². The van der Waals surface area contributed by atoms with E-state index in [4.69, 9.17) is 9.47 Å². The van der Waals surface area contributed by atoms with Crippen molar-refractivity contribution in [3.8, 4) is 0 Å². The third-order valence-electron chi connectivity index (χ3n) is 4.04. The van der Waals surface area contributed by atoms with Gasteiger partial charge in [-0.05, 0) is 25.7 Å². The number of carbonyl (C=O) groups is 1. The van der Waals surface area contributed by atoms with E-state index in [1.54, 1.807) is 0 Å². The van der Waals surface area contributed by atoms with Gasteiger partial charge in [-0.25, -0.2) is 0 Å². The SMILES string of the molecule is CCC1OCCC1C(=O)NC1(CBr)CCOCC1. The lowest BCUT2D eigenvalue weighted by atomic mass is 9.90. The minimum atomic E-state index is -0.129. The van der Waals surface area contributed by atoms with Crippen LogP contribution in [0.2, 0.25) is 0 Å². The van der Waals surface area contributed by atoms with E-state index in [2.05, 4.69) is 28.2 Å². The van der Waals surface area contributed by atoms with Crippen LogP contribution in [0, 0.1) is 5.92 Å². The van der Waals surface area contributed by atoms with Gasteiger partial charge in [-0.3, -0.25) is 4.79 Å². The first kappa shape index (κ1) is 14.3. The first-order valence-electron chi connectivity index (χ1n) is 6.78. The highest BCUT2D eigenvalue weighted by atomic mass is 79.9. The summed E-state index contributed by atoms with van der Waals surface area (Å²) in [5.74, 6) is 0.175. The van der Waals surface area contributed by atoms with Gasteiger partial charge in [0.05, 0.1) is 17.6 Å². The van der Waals surface area contributed by atoms with Crippen LogP contribution in [0.15, 0.2) is 0 Å². The highest BCUT2D eigenvalue weighted by Gasteiger charge is 2.38. The van der Waals surface area contributed by atoms with Gasteiger partial charge in [-0.15, -0.1) is 0 Å². The fourth-order valence-electron chi connectivity index (χ4n) is 2.76. The molecule has 1 amide bonds. The van der Waals surface area contributed by atoms with Crippen LogP contribution in [0.3, 0.4) is 0 Å². The Morgan fingerprint density at radius 2 is 2.11 bits per heavy atom. The molecule has 0 aromatic carbocycles. The molecular formula is C13H22BrNO3. The van der Waals surface area contributed by atoms with E-state index in [-0.39, 0.29) is 23.5 Å². The Hall–Kier alpha value is -0.130. The van der Waals surface area contributed by atoms with Gasteiger partial charge < -0.3 is 14.8 Å². The number of nitrogens with one attached hydrogen (secondary N) is 1.